The maximum atomic E-state index is 12.8. The summed E-state index contributed by atoms with van der Waals surface area (Å²) in [6.07, 6.45) is -2.58. The molecule has 0 atom stereocenters. The van der Waals surface area contributed by atoms with E-state index >= 15 is 0 Å². The van der Waals surface area contributed by atoms with Gasteiger partial charge in [-0.3, -0.25) is 0 Å². The number of rotatable bonds is 8. The van der Waals surface area contributed by atoms with Crippen molar-refractivity contribution in [1.29, 1.82) is 0 Å². The molecule has 2 amide bonds. The average molecular weight is 447 g/mol. The zero-order valence-electron chi connectivity index (χ0n) is 16.7. The van der Waals surface area contributed by atoms with Crippen molar-refractivity contribution in [2.45, 2.75) is 12.6 Å². The van der Waals surface area contributed by atoms with Gasteiger partial charge >= 0.3 is 12.2 Å². The SMILES string of the molecule is O=C(Nc1ccc(Oc2cc(NCCCO)ncn2)cc1)Nc1cccc(C(F)(F)F)c1. The quantitative estimate of drug-likeness (QED) is 0.372. The molecular formula is C21H20F3N5O3. The maximum Gasteiger partial charge on any atom is 0.416 e. The minimum absolute atomic E-state index is 0.0180. The van der Waals surface area contributed by atoms with Gasteiger partial charge in [0.1, 0.15) is 17.9 Å². The molecule has 11 heteroatoms. The molecule has 4 N–H and O–H groups in total. The van der Waals surface area contributed by atoms with E-state index in [0.717, 1.165) is 12.1 Å². The number of aliphatic hydroxyl groups is 1. The molecule has 1 heterocycles. The number of hydrogen-bond acceptors (Lipinski definition) is 6. The molecule has 0 saturated carbocycles. The standard InChI is InChI=1S/C21H20F3N5O3/c22-21(23,24)14-3-1-4-16(11-14)29-20(31)28-15-5-7-17(8-6-15)32-19-12-18(26-13-27-19)25-9-2-10-30/h1,3-8,11-13,30H,2,9-10H2,(H,25,26,27)(H2,28,29,31). The first-order valence-corrected chi connectivity index (χ1v) is 9.53. The minimum Gasteiger partial charge on any atom is -0.439 e. The number of urea groups is 1. The van der Waals surface area contributed by atoms with Gasteiger partial charge in [0.2, 0.25) is 5.88 Å². The summed E-state index contributed by atoms with van der Waals surface area (Å²) in [5.41, 5.74) is -0.423. The molecule has 32 heavy (non-hydrogen) atoms. The number of aromatic nitrogens is 2. The van der Waals surface area contributed by atoms with Crippen molar-refractivity contribution in [3.05, 3.63) is 66.5 Å². The van der Waals surface area contributed by atoms with Crippen LogP contribution in [0.4, 0.5) is 35.2 Å². The highest BCUT2D eigenvalue weighted by Crippen LogP contribution is 2.30. The molecule has 2 aromatic carbocycles. The van der Waals surface area contributed by atoms with Crippen LogP contribution in [0.2, 0.25) is 0 Å². The molecule has 0 aliphatic heterocycles. The highest BCUT2D eigenvalue weighted by atomic mass is 19.4. The molecule has 0 spiro atoms. The Bertz CT molecular complexity index is 1050. The van der Waals surface area contributed by atoms with Gasteiger partial charge in [-0.25, -0.2) is 14.8 Å². The molecular weight excluding hydrogens is 427 g/mol. The van der Waals surface area contributed by atoms with Gasteiger partial charge in [0.25, 0.3) is 0 Å². The summed E-state index contributed by atoms with van der Waals surface area (Å²) in [5, 5.41) is 16.7. The highest BCUT2D eigenvalue weighted by molar-refractivity contribution is 5.99. The van der Waals surface area contributed by atoms with Crippen molar-refractivity contribution in [2.24, 2.45) is 0 Å². The van der Waals surface area contributed by atoms with Gasteiger partial charge in [-0.15, -0.1) is 0 Å². The third-order valence-corrected chi connectivity index (χ3v) is 4.07. The van der Waals surface area contributed by atoms with Crippen molar-refractivity contribution in [3.63, 3.8) is 0 Å². The number of ether oxygens (including phenoxy) is 1. The largest absolute Gasteiger partial charge is 0.439 e. The van der Waals surface area contributed by atoms with Crippen LogP contribution in [-0.4, -0.2) is 34.3 Å². The molecule has 0 saturated heterocycles. The zero-order valence-corrected chi connectivity index (χ0v) is 16.7. The van der Waals surface area contributed by atoms with E-state index in [1.807, 2.05) is 0 Å². The van der Waals surface area contributed by atoms with Crippen molar-refractivity contribution >= 4 is 23.2 Å². The first-order chi connectivity index (χ1) is 15.3. The van der Waals surface area contributed by atoms with Crippen LogP contribution in [0.3, 0.4) is 0 Å². The van der Waals surface area contributed by atoms with Crippen LogP contribution in [-0.2, 0) is 6.18 Å². The number of amides is 2. The number of aliphatic hydroxyl groups excluding tert-OH is 1. The van der Waals surface area contributed by atoms with Crippen molar-refractivity contribution < 1.29 is 27.8 Å². The van der Waals surface area contributed by atoms with Gasteiger partial charge in [0.05, 0.1) is 5.56 Å². The fourth-order valence-electron chi connectivity index (χ4n) is 2.58. The summed E-state index contributed by atoms with van der Waals surface area (Å²) < 4.78 is 44.0. The fraction of sp³-hybridized carbons (Fsp3) is 0.190. The number of halogens is 3. The summed E-state index contributed by atoms with van der Waals surface area (Å²) in [6.45, 7) is 0.621. The Labute approximate surface area is 181 Å². The van der Waals surface area contributed by atoms with Gasteiger partial charge in [0.15, 0.2) is 0 Å². The van der Waals surface area contributed by atoms with Gasteiger partial charge in [-0.2, -0.15) is 13.2 Å². The zero-order chi connectivity index (χ0) is 23.0. The smallest absolute Gasteiger partial charge is 0.416 e. The lowest BCUT2D eigenvalue weighted by molar-refractivity contribution is -0.137. The average Bonchev–Trinajstić information content (AvgIpc) is 2.75. The summed E-state index contributed by atoms with van der Waals surface area (Å²) >= 11 is 0. The second-order valence-corrected chi connectivity index (χ2v) is 6.53. The number of benzene rings is 2. The highest BCUT2D eigenvalue weighted by Gasteiger charge is 2.30. The molecule has 1 aromatic heterocycles. The van der Waals surface area contributed by atoms with E-state index in [0.29, 0.717) is 36.1 Å². The van der Waals surface area contributed by atoms with Gasteiger partial charge in [-0.1, -0.05) is 6.07 Å². The summed E-state index contributed by atoms with van der Waals surface area (Å²) in [4.78, 5) is 20.2. The minimum atomic E-state index is -4.50. The normalized spacial score (nSPS) is 11.0. The molecule has 168 valence electrons. The molecule has 0 unspecified atom stereocenters. The van der Waals surface area contributed by atoms with Crippen LogP contribution in [0.15, 0.2) is 60.9 Å². The number of carbonyl (C=O) groups excluding carboxylic acids is 1. The third kappa shape index (κ3) is 6.84. The molecule has 0 radical (unpaired) electrons. The number of nitrogens with zero attached hydrogens (tertiary/aromatic N) is 2. The van der Waals surface area contributed by atoms with E-state index in [1.165, 1.54) is 18.5 Å². The number of hydrogen-bond donors (Lipinski definition) is 4. The Kier molecular flexibility index (Phi) is 7.45. The van der Waals surface area contributed by atoms with Crippen LogP contribution >= 0.6 is 0 Å². The van der Waals surface area contributed by atoms with Crippen molar-refractivity contribution in [1.82, 2.24) is 9.97 Å². The molecule has 8 nitrogen and oxygen atoms in total. The predicted molar refractivity (Wildman–Crippen MR) is 113 cm³/mol. The molecule has 0 fully saturated rings. The van der Waals surface area contributed by atoms with Crippen LogP contribution in [0, 0.1) is 0 Å². The Hall–Kier alpha value is -3.86. The first-order valence-electron chi connectivity index (χ1n) is 9.53. The fourth-order valence-corrected chi connectivity index (χ4v) is 2.58. The number of carbonyl (C=O) groups is 1. The number of anilines is 3. The summed E-state index contributed by atoms with van der Waals surface area (Å²) in [6, 6.07) is 11.6. The van der Waals surface area contributed by atoms with E-state index in [-0.39, 0.29) is 12.3 Å². The second-order valence-electron chi connectivity index (χ2n) is 6.53. The second kappa shape index (κ2) is 10.4. The van der Waals surface area contributed by atoms with Crippen LogP contribution in [0.25, 0.3) is 0 Å². The third-order valence-electron chi connectivity index (χ3n) is 4.07. The van der Waals surface area contributed by atoms with Crippen LogP contribution in [0.5, 0.6) is 11.6 Å². The summed E-state index contributed by atoms with van der Waals surface area (Å²) in [5.74, 6) is 1.30. The van der Waals surface area contributed by atoms with Gasteiger partial charge < -0.3 is 25.8 Å². The molecule has 3 aromatic rings. The lowest BCUT2D eigenvalue weighted by atomic mass is 10.2. The maximum absolute atomic E-state index is 12.8. The Morgan fingerprint density at radius 1 is 1.00 bits per heavy atom. The Balaban J connectivity index is 1.56. The van der Waals surface area contributed by atoms with E-state index in [4.69, 9.17) is 9.84 Å². The van der Waals surface area contributed by atoms with Gasteiger partial charge in [0, 0.05) is 30.6 Å². The first kappa shape index (κ1) is 22.8. The molecule has 3 rings (SSSR count). The summed E-state index contributed by atoms with van der Waals surface area (Å²) in [7, 11) is 0. The predicted octanol–water partition coefficient (Wildman–Crippen LogP) is 4.73. The Morgan fingerprint density at radius 3 is 2.47 bits per heavy atom. The van der Waals surface area contributed by atoms with E-state index < -0.39 is 17.8 Å². The van der Waals surface area contributed by atoms with Crippen molar-refractivity contribution in [3.8, 4) is 11.6 Å². The Morgan fingerprint density at radius 2 is 1.75 bits per heavy atom. The van der Waals surface area contributed by atoms with Crippen LogP contribution in [0.1, 0.15) is 12.0 Å². The number of nitrogens with one attached hydrogen (secondary N) is 3. The molecule has 0 aliphatic carbocycles. The monoisotopic (exact) mass is 447 g/mol. The topological polar surface area (TPSA) is 108 Å². The van der Waals surface area contributed by atoms with E-state index in [9.17, 15) is 18.0 Å². The van der Waals surface area contributed by atoms with E-state index in [1.54, 1.807) is 30.3 Å². The van der Waals surface area contributed by atoms with Gasteiger partial charge in [-0.05, 0) is 48.9 Å². The lowest BCUT2D eigenvalue weighted by Crippen LogP contribution is -2.19. The number of alkyl halides is 3. The van der Waals surface area contributed by atoms with Crippen LogP contribution < -0.4 is 20.7 Å². The van der Waals surface area contributed by atoms with Crippen molar-refractivity contribution in [2.75, 3.05) is 29.1 Å². The lowest BCUT2D eigenvalue weighted by Gasteiger charge is -2.11. The molecule has 0 bridgehead atoms. The van der Waals surface area contributed by atoms with E-state index in [2.05, 4.69) is 25.9 Å². The molecule has 0 aliphatic rings.